The zero-order valence-corrected chi connectivity index (χ0v) is 5.70. The van der Waals surface area contributed by atoms with E-state index in [4.69, 9.17) is 5.11 Å². The van der Waals surface area contributed by atoms with Crippen LogP contribution in [0.2, 0.25) is 0 Å². The average molecular weight is 149 g/mol. The number of hydrogen-bond acceptors (Lipinski definition) is 3. The summed E-state index contributed by atoms with van der Waals surface area (Å²) in [5.41, 5.74) is 0. The van der Waals surface area contributed by atoms with Gasteiger partial charge < -0.3 is 10.4 Å². The van der Waals surface area contributed by atoms with Crippen molar-refractivity contribution in [3.05, 3.63) is 0 Å². The van der Waals surface area contributed by atoms with E-state index >= 15 is 0 Å². The number of amides is 1. The number of thioether (sulfide) groups is 1. The third-order valence-electron chi connectivity index (χ3n) is 0.571. The zero-order chi connectivity index (χ0) is 7.28. The van der Waals surface area contributed by atoms with Gasteiger partial charge in [0.05, 0.1) is 5.88 Å². The molecule has 0 bridgehead atoms. The number of carboxylic acids is 1. The lowest BCUT2D eigenvalue weighted by atomic mass is 10.6. The van der Waals surface area contributed by atoms with Gasteiger partial charge in [-0.25, -0.2) is 4.79 Å². The predicted molar refractivity (Wildman–Crippen MR) is 34.2 cm³/mol. The predicted octanol–water partition coefficient (Wildman–Crippen LogP) is -0.492. The lowest BCUT2D eigenvalue weighted by molar-refractivity contribution is -0.150. The molecule has 0 aromatic carbocycles. The molecule has 0 aliphatic heterocycles. The Morgan fingerprint density at radius 2 is 2.22 bits per heavy atom. The van der Waals surface area contributed by atoms with Crippen LogP contribution in [0.5, 0.6) is 0 Å². The van der Waals surface area contributed by atoms with Crippen LogP contribution < -0.4 is 5.32 Å². The van der Waals surface area contributed by atoms with Crippen LogP contribution in [0.3, 0.4) is 0 Å². The summed E-state index contributed by atoms with van der Waals surface area (Å²) in [5.74, 6) is -2.06. The maximum atomic E-state index is 10.2. The smallest absolute Gasteiger partial charge is 0.394 e. The molecule has 0 saturated heterocycles. The summed E-state index contributed by atoms with van der Waals surface area (Å²) in [5, 5.41) is 10.1. The van der Waals surface area contributed by atoms with E-state index in [9.17, 15) is 9.59 Å². The summed E-state index contributed by atoms with van der Waals surface area (Å²) in [7, 11) is 0. The van der Waals surface area contributed by atoms with Crippen LogP contribution in [-0.4, -0.2) is 29.1 Å². The van der Waals surface area contributed by atoms with Crippen molar-refractivity contribution in [2.75, 3.05) is 12.1 Å². The SMILES string of the molecule is CSCNC(=O)C(=O)O. The molecule has 0 aromatic heterocycles. The van der Waals surface area contributed by atoms with Crippen LogP contribution >= 0.6 is 11.8 Å². The van der Waals surface area contributed by atoms with Crippen molar-refractivity contribution in [1.29, 1.82) is 0 Å². The second kappa shape index (κ2) is 4.20. The van der Waals surface area contributed by atoms with E-state index in [-0.39, 0.29) is 0 Å². The quantitative estimate of drug-likeness (QED) is 0.410. The van der Waals surface area contributed by atoms with Gasteiger partial charge in [-0.2, -0.15) is 0 Å². The Kier molecular flexibility index (Phi) is 3.87. The van der Waals surface area contributed by atoms with Gasteiger partial charge in [0.2, 0.25) is 0 Å². The number of carbonyl (C=O) groups excluding carboxylic acids is 1. The fourth-order valence-corrected chi connectivity index (χ4v) is 0.489. The van der Waals surface area contributed by atoms with Gasteiger partial charge in [-0.15, -0.1) is 11.8 Å². The highest BCUT2D eigenvalue weighted by atomic mass is 32.2. The normalized spacial score (nSPS) is 8.56. The molecule has 0 aromatic rings. The molecular formula is C4H7NO3S. The molecule has 0 fully saturated rings. The Balaban J connectivity index is 3.39. The van der Waals surface area contributed by atoms with E-state index in [1.807, 2.05) is 0 Å². The molecule has 5 heteroatoms. The summed E-state index contributed by atoms with van der Waals surface area (Å²) in [6.45, 7) is 0. The molecule has 0 rings (SSSR count). The minimum atomic E-state index is -1.44. The Bertz CT molecular complexity index is 125. The largest absolute Gasteiger partial charge is 0.474 e. The molecule has 0 aliphatic rings. The van der Waals surface area contributed by atoms with Crippen molar-refractivity contribution >= 4 is 23.6 Å². The maximum Gasteiger partial charge on any atom is 0.394 e. The van der Waals surface area contributed by atoms with Crippen molar-refractivity contribution in [3.63, 3.8) is 0 Å². The number of nitrogens with one attached hydrogen (secondary N) is 1. The standard InChI is InChI=1S/C4H7NO3S/c1-9-2-5-3(6)4(7)8/h2H2,1H3,(H,5,6)(H,7,8). The molecule has 0 heterocycles. The Morgan fingerprint density at radius 3 is 2.56 bits per heavy atom. The van der Waals surface area contributed by atoms with E-state index < -0.39 is 11.9 Å². The number of hydrogen-bond donors (Lipinski definition) is 2. The van der Waals surface area contributed by atoms with Crippen molar-refractivity contribution in [3.8, 4) is 0 Å². The summed E-state index contributed by atoms with van der Waals surface area (Å²) in [4.78, 5) is 20.0. The van der Waals surface area contributed by atoms with E-state index in [0.29, 0.717) is 5.88 Å². The van der Waals surface area contributed by atoms with Gasteiger partial charge in [0.1, 0.15) is 0 Å². The maximum absolute atomic E-state index is 10.2. The zero-order valence-electron chi connectivity index (χ0n) is 4.88. The Hall–Kier alpha value is -0.710. The summed E-state index contributed by atoms with van der Waals surface area (Å²) in [6.07, 6.45) is 1.77. The molecule has 0 radical (unpaired) electrons. The third kappa shape index (κ3) is 3.84. The van der Waals surface area contributed by atoms with E-state index in [0.717, 1.165) is 0 Å². The molecule has 4 nitrogen and oxygen atoms in total. The van der Waals surface area contributed by atoms with Crippen molar-refractivity contribution in [1.82, 2.24) is 5.32 Å². The van der Waals surface area contributed by atoms with Gasteiger partial charge in [0.25, 0.3) is 0 Å². The van der Waals surface area contributed by atoms with Crippen LogP contribution in [-0.2, 0) is 9.59 Å². The molecular weight excluding hydrogens is 142 g/mol. The lowest BCUT2D eigenvalue weighted by Gasteiger charge is -1.95. The van der Waals surface area contributed by atoms with E-state index in [2.05, 4.69) is 5.32 Å². The van der Waals surface area contributed by atoms with Gasteiger partial charge in [0.15, 0.2) is 0 Å². The van der Waals surface area contributed by atoms with E-state index in [1.54, 1.807) is 6.26 Å². The molecule has 0 spiro atoms. The van der Waals surface area contributed by atoms with Crippen LogP contribution in [0, 0.1) is 0 Å². The van der Waals surface area contributed by atoms with Crippen molar-refractivity contribution in [2.24, 2.45) is 0 Å². The molecule has 9 heavy (non-hydrogen) atoms. The second-order valence-electron chi connectivity index (χ2n) is 1.24. The van der Waals surface area contributed by atoms with Gasteiger partial charge in [-0.05, 0) is 6.26 Å². The summed E-state index contributed by atoms with van der Waals surface area (Å²) in [6, 6.07) is 0. The average Bonchev–Trinajstić information content (AvgIpc) is 1.82. The molecule has 1 amide bonds. The van der Waals surface area contributed by atoms with Crippen LogP contribution in [0.25, 0.3) is 0 Å². The molecule has 0 aliphatic carbocycles. The fraction of sp³-hybridized carbons (Fsp3) is 0.500. The highest BCUT2D eigenvalue weighted by molar-refractivity contribution is 7.98. The fourth-order valence-electron chi connectivity index (χ4n) is 0.213. The van der Waals surface area contributed by atoms with Crippen molar-refractivity contribution < 1.29 is 14.7 Å². The minimum Gasteiger partial charge on any atom is -0.474 e. The molecule has 52 valence electrons. The minimum absolute atomic E-state index is 0.338. The number of carboxylic acid groups (broad SMARTS) is 1. The highest BCUT2D eigenvalue weighted by Crippen LogP contribution is 1.84. The first-order chi connectivity index (χ1) is 4.18. The topological polar surface area (TPSA) is 66.4 Å². The van der Waals surface area contributed by atoms with Crippen molar-refractivity contribution in [2.45, 2.75) is 0 Å². The Morgan fingerprint density at radius 1 is 1.67 bits per heavy atom. The molecule has 2 N–H and O–H groups in total. The first kappa shape index (κ1) is 8.29. The Labute approximate surface area is 56.6 Å². The molecule has 0 unspecified atom stereocenters. The molecule has 0 atom stereocenters. The van der Waals surface area contributed by atoms with Gasteiger partial charge in [0, 0.05) is 0 Å². The number of aliphatic carboxylic acids is 1. The van der Waals surface area contributed by atoms with Crippen LogP contribution in [0.4, 0.5) is 0 Å². The monoisotopic (exact) mass is 149 g/mol. The summed E-state index contributed by atoms with van der Waals surface area (Å²) >= 11 is 1.35. The van der Waals surface area contributed by atoms with Crippen LogP contribution in [0.1, 0.15) is 0 Å². The third-order valence-corrected chi connectivity index (χ3v) is 1.00. The summed E-state index contributed by atoms with van der Waals surface area (Å²) < 4.78 is 0. The van der Waals surface area contributed by atoms with Gasteiger partial charge in [-0.1, -0.05) is 0 Å². The number of carbonyl (C=O) groups is 2. The highest BCUT2D eigenvalue weighted by Gasteiger charge is 2.07. The van der Waals surface area contributed by atoms with Gasteiger partial charge in [-0.3, -0.25) is 4.79 Å². The van der Waals surface area contributed by atoms with Crippen LogP contribution in [0.15, 0.2) is 0 Å². The first-order valence-electron chi connectivity index (χ1n) is 2.18. The lowest BCUT2D eigenvalue weighted by Crippen LogP contribution is -2.29. The van der Waals surface area contributed by atoms with Gasteiger partial charge >= 0.3 is 11.9 Å². The second-order valence-corrected chi connectivity index (χ2v) is 2.11. The number of rotatable bonds is 2. The first-order valence-corrected chi connectivity index (χ1v) is 3.58. The van der Waals surface area contributed by atoms with E-state index in [1.165, 1.54) is 11.8 Å². The molecule has 0 saturated carbocycles.